The molecule has 0 aromatic carbocycles. The molecule has 6 nitrogen and oxygen atoms in total. The molecule has 3 atom stereocenters. The van der Waals surface area contributed by atoms with Crippen LogP contribution in [0.3, 0.4) is 0 Å². The van der Waals surface area contributed by atoms with E-state index in [2.05, 4.69) is 15.3 Å². The van der Waals surface area contributed by atoms with E-state index in [1.54, 1.807) is 4.68 Å². The van der Waals surface area contributed by atoms with Gasteiger partial charge in [-0.2, -0.15) is 5.10 Å². The monoisotopic (exact) mass is 308 g/mol. The smallest absolute Gasteiger partial charge is 0.241 e. The van der Waals surface area contributed by atoms with Gasteiger partial charge in [-0.3, -0.25) is 14.4 Å². The van der Waals surface area contributed by atoms with Crippen LogP contribution in [0.15, 0.2) is 0 Å². The van der Waals surface area contributed by atoms with Crippen LogP contribution in [0.1, 0.15) is 44.5 Å². The number of likely N-dealkylation sites (tertiary alicyclic amines) is 1. The van der Waals surface area contributed by atoms with Gasteiger partial charge < -0.3 is 10.4 Å². The largest absolute Gasteiger partial charge is 0.393 e. The highest BCUT2D eigenvalue weighted by Crippen LogP contribution is 2.25. The summed E-state index contributed by atoms with van der Waals surface area (Å²) in [4.78, 5) is 14.8. The number of carbonyl (C=O) groups excluding carboxylic acids is 1. The molecule has 0 saturated carbocycles. The third-order valence-corrected chi connectivity index (χ3v) is 4.67. The van der Waals surface area contributed by atoms with Gasteiger partial charge >= 0.3 is 0 Å². The van der Waals surface area contributed by atoms with Crippen LogP contribution in [0.5, 0.6) is 0 Å². The zero-order chi connectivity index (χ0) is 16.4. The SMILES string of the molecule is Cc1nn(C)c(C)c1NC(=O)C(C)N1CCCC1CC(C)O. The summed E-state index contributed by atoms with van der Waals surface area (Å²) in [5, 5.41) is 17.0. The van der Waals surface area contributed by atoms with E-state index < -0.39 is 0 Å². The Morgan fingerprint density at radius 1 is 1.45 bits per heavy atom. The Bertz CT molecular complexity index is 538. The fourth-order valence-corrected chi connectivity index (χ4v) is 3.35. The number of aryl methyl sites for hydroxylation is 2. The minimum atomic E-state index is -0.330. The molecule has 0 aliphatic carbocycles. The molecule has 0 spiro atoms. The third-order valence-electron chi connectivity index (χ3n) is 4.67. The molecule has 2 rings (SSSR count). The highest BCUT2D eigenvalue weighted by atomic mass is 16.3. The zero-order valence-corrected chi connectivity index (χ0v) is 14.3. The first-order chi connectivity index (χ1) is 10.3. The average Bonchev–Trinajstić information content (AvgIpc) is 2.97. The molecule has 0 radical (unpaired) electrons. The standard InChI is InChI=1S/C16H28N4O2/c1-10(21)9-14-7-6-8-20(14)13(4)16(22)17-15-11(2)18-19(5)12(15)3/h10,13-14,21H,6-9H2,1-5H3,(H,17,22). The topological polar surface area (TPSA) is 70.4 Å². The minimum absolute atomic E-state index is 0.00306. The predicted octanol–water partition coefficient (Wildman–Crippen LogP) is 1.60. The molecule has 1 aliphatic rings. The Balaban J connectivity index is 2.05. The number of aromatic nitrogens is 2. The summed E-state index contributed by atoms with van der Waals surface area (Å²) in [6.45, 7) is 8.52. The molecule has 22 heavy (non-hydrogen) atoms. The number of hydrogen-bond acceptors (Lipinski definition) is 4. The second-order valence-corrected chi connectivity index (χ2v) is 6.45. The second kappa shape index (κ2) is 6.79. The van der Waals surface area contributed by atoms with Crippen LogP contribution in [0, 0.1) is 13.8 Å². The van der Waals surface area contributed by atoms with Crippen molar-refractivity contribution < 1.29 is 9.90 Å². The maximum atomic E-state index is 12.6. The molecule has 1 aromatic heterocycles. The lowest BCUT2D eigenvalue weighted by atomic mass is 10.1. The lowest BCUT2D eigenvalue weighted by Gasteiger charge is -2.30. The van der Waals surface area contributed by atoms with E-state index in [1.807, 2.05) is 34.7 Å². The highest BCUT2D eigenvalue weighted by Gasteiger charge is 2.33. The van der Waals surface area contributed by atoms with Crippen molar-refractivity contribution in [2.45, 2.75) is 65.1 Å². The molecule has 1 aliphatic heterocycles. The summed E-state index contributed by atoms with van der Waals surface area (Å²) >= 11 is 0. The number of nitrogens with one attached hydrogen (secondary N) is 1. The Kier molecular flexibility index (Phi) is 5.24. The van der Waals surface area contributed by atoms with Gasteiger partial charge in [0.25, 0.3) is 0 Å². The van der Waals surface area contributed by atoms with Crippen molar-refractivity contribution in [1.29, 1.82) is 0 Å². The first kappa shape index (κ1) is 17.0. The molecule has 2 N–H and O–H groups in total. The summed E-state index contributed by atoms with van der Waals surface area (Å²) in [5.74, 6) is -0.00306. The molecule has 6 heteroatoms. The Hall–Kier alpha value is -1.40. The molecule has 2 heterocycles. The Morgan fingerprint density at radius 2 is 2.14 bits per heavy atom. The van der Waals surface area contributed by atoms with Crippen LogP contribution in [0.2, 0.25) is 0 Å². The lowest BCUT2D eigenvalue weighted by Crippen LogP contribution is -2.45. The molecule has 1 amide bonds. The quantitative estimate of drug-likeness (QED) is 0.867. The zero-order valence-electron chi connectivity index (χ0n) is 14.3. The molecular formula is C16H28N4O2. The van der Waals surface area contributed by atoms with E-state index in [-0.39, 0.29) is 24.1 Å². The van der Waals surface area contributed by atoms with Gasteiger partial charge in [-0.05, 0) is 53.5 Å². The van der Waals surface area contributed by atoms with Crippen LogP contribution < -0.4 is 5.32 Å². The molecule has 1 aromatic rings. The number of anilines is 1. The summed E-state index contributed by atoms with van der Waals surface area (Å²) in [5.41, 5.74) is 2.60. The van der Waals surface area contributed by atoms with Crippen molar-refractivity contribution in [2.75, 3.05) is 11.9 Å². The number of aliphatic hydroxyl groups excluding tert-OH is 1. The number of aliphatic hydroxyl groups is 1. The van der Waals surface area contributed by atoms with Gasteiger partial charge in [0.2, 0.25) is 5.91 Å². The van der Waals surface area contributed by atoms with Crippen molar-refractivity contribution >= 4 is 11.6 Å². The normalized spacial score (nSPS) is 21.8. The van der Waals surface area contributed by atoms with Crippen LogP contribution >= 0.6 is 0 Å². The molecular weight excluding hydrogens is 280 g/mol. The van der Waals surface area contributed by atoms with Gasteiger partial charge in [0.15, 0.2) is 0 Å². The molecule has 0 bridgehead atoms. The van der Waals surface area contributed by atoms with Gasteiger partial charge in [-0.15, -0.1) is 0 Å². The average molecular weight is 308 g/mol. The van der Waals surface area contributed by atoms with E-state index in [9.17, 15) is 9.90 Å². The summed E-state index contributed by atoms with van der Waals surface area (Å²) in [6, 6.07) is 0.0853. The molecule has 1 saturated heterocycles. The number of hydrogen-bond donors (Lipinski definition) is 2. The maximum Gasteiger partial charge on any atom is 0.241 e. The van der Waals surface area contributed by atoms with Gasteiger partial charge in [0, 0.05) is 13.1 Å². The highest BCUT2D eigenvalue weighted by molar-refractivity contribution is 5.95. The summed E-state index contributed by atoms with van der Waals surface area (Å²) < 4.78 is 1.78. The lowest BCUT2D eigenvalue weighted by molar-refractivity contribution is -0.121. The van der Waals surface area contributed by atoms with E-state index in [1.165, 1.54) is 0 Å². The molecule has 124 valence electrons. The van der Waals surface area contributed by atoms with Crippen molar-refractivity contribution in [2.24, 2.45) is 7.05 Å². The van der Waals surface area contributed by atoms with Crippen molar-refractivity contribution in [1.82, 2.24) is 14.7 Å². The van der Waals surface area contributed by atoms with Gasteiger partial charge in [0.05, 0.1) is 29.2 Å². The van der Waals surface area contributed by atoms with E-state index >= 15 is 0 Å². The molecule has 3 unspecified atom stereocenters. The fraction of sp³-hybridized carbons (Fsp3) is 0.750. The van der Waals surface area contributed by atoms with Crippen molar-refractivity contribution in [3.05, 3.63) is 11.4 Å². The molecule has 1 fully saturated rings. The summed E-state index contributed by atoms with van der Waals surface area (Å²) in [6.07, 6.45) is 2.53. The van der Waals surface area contributed by atoms with E-state index in [4.69, 9.17) is 0 Å². The summed E-state index contributed by atoms with van der Waals surface area (Å²) in [7, 11) is 1.88. The van der Waals surface area contributed by atoms with Gasteiger partial charge in [0.1, 0.15) is 0 Å². The van der Waals surface area contributed by atoms with Crippen molar-refractivity contribution in [3.63, 3.8) is 0 Å². The van der Waals surface area contributed by atoms with Crippen LogP contribution in [-0.4, -0.2) is 50.4 Å². The van der Waals surface area contributed by atoms with Crippen LogP contribution in [0.4, 0.5) is 5.69 Å². The van der Waals surface area contributed by atoms with Gasteiger partial charge in [-0.25, -0.2) is 0 Å². The van der Waals surface area contributed by atoms with E-state index in [0.29, 0.717) is 0 Å². The van der Waals surface area contributed by atoms with Crippen LogP contribution in [0.25, 0.3) is 0 Å². The predicted molar refractivity (Wildman–Crippen MR) is 86.8 cm³/mol. The number of rotatable bonds is 5. The van der Waals surface area contributed by atoms with Gasteiger partial charge in [-0.1, -0.05) is 0 Å². The van der Waals surface area contributed by atoms with Crippen LogP contribution in [-0.2, 0) is 11.8 Å². The Labute approximate surface area is 132 Å². The number of amides is 1. The third kappa shape index (κ3) is 3.50. The van der Waals surface area contributed by atoms with Crippen molar-refractivity contribution in [3.8, 4) is 0 Å². The van der Waals surface area contributed by atoms with E-state index in [0.717, 1.165) is 42.9 Å². The second-order valence-electron chi connectivity index (χ2n) is 6.45. The minimum Gasteiger partial charge on any atom is -0.393 e. The fourth-order valence-electron chi connectivity index (χ4n) is 3.35. The Morgan fingerprint density at radius 3 is 2.68 bits per heavy atom. The maximum absolute atomic E-state index is 12.6. The number of carbonyl (C=O) groups is 1. The first-order valence-electron chi connectivity index (χ1n) is 8.06. The number of nitrogens with zero attached hydrogens (tertiary/aromatic N) is 3. The first-order valence-corrected chi connectivity index (χ1v) is 8.06.